The molecule has 0 unspecified atom stereocenters. The third-order valence-electron chi connectivity index (χ3n) is 10.3. The van der Waals surface area contributed by atoms with Crippen molar-refractivity contribution >= 4 is 49.6 Å². The van der Waals surface area contributed by atoms with E-state index in [1.807, 2.05) is 0 Å². The number of anilines is 3. The molecule has 0 radical (unpaired) electrons. The molecule has 9 rings (SSSR count). The number of benzene rings is 8. The first-order chi connectivity index (χ1) is 25.5. The van der Waals surface area contributed by atoms with E-state index in [9.17, 15) is 0 Å². The first kappa shape index (κ1) is 31.6. The highest BCUT2D eigenvalue weighted by atomic mass is 15.1. The average molecular weight is 669 g/mol. The van der Waals surface area contributed by atoms with Crippen molar-refractivity contribution in [3.63, 3.8) is 0 Å². The summed E-state index contributed by atoms with van der Waals surface area (Å²) >= 11 is 0. The largest absolute Gasteiger partial charge is 0.310 e. The summed E-state index contributed by atoms with van der Waals surface area (Å²) in [7, 11) is 0. The number of rotatable bonds is 6. The van der Waals surface area contributed by atoms with Gasteiger partial charge < -0.3 is 9.47 Å². The highest BCUT2D eigenvalue weighted by Gasteiger charge is 2.22. The molecular formula is C50H40N2. The maximum atomic E-state index is 2.44. The van der Waals surface area contributed by atoms with Crippen molar-refractivity contribution in [3.8, 4) is 27.9 Å². The zero-order chi connectivity index (χ0) is 35.2. The molecule has 52 heavy (non-hydrogen) atoms. The van der Waals surface area contributed by atoms with E-state index >= 15 is 0 Å². The van der Waals surface area contributed by atoms with Crippen LogP contribution in [0.5, 0.6) is 0 Å². The molecule has 0 saturated carbocycles. The van der Waals surface area contributed by atoms with Crippen molar-refractivity contribution in [1.82, 2.24) is 4.57 Å². The van der Waals surface area contributed by atoms with Crippen LogP contribution in [0.3, 0.4) is 0 Å². The van der Waals surface area contributed by atoms with E-state index in [1.54, 1.807) is 0 Å². The average Bonchev–Trinajstić information content (AvgIpc) is 3.52. The van der Waals surface area contributed by atoms with Gasteiger partial charge in [-0.05, 0) is 93.0 Å². The van der Waals surface area contributed by atoms with Crippen molar-refractivity contribution in [2.45, 2.75) is 26.2 Å². The summed E-state index contributed by atoms with van der Waals surface area (Å²) in [5.41, 5.74) is 13.1. The van der Waals surface area contributed by atoms with Gasteiger partial charge in [0.1, 0.15) is 0 Å². The fourth-order valence-electron chi connectivity index (χ4n) is 7.81. The molecule has 9 aromatic rings. The van der Waals surface area contributed by atoms with Crippen LogP contribution in [-0.4, -0.2) is 4.57 Å². The monoisotopic (exact) mass is 668 g/mol. The summed E-state index contributed by atoms with van der Waals surface area (Å²) in [6.07, 6.45) is 0. The first-order valence-corrected chi connectivity index (χ1v) is 18.1. The highest BCUT2D eigenvalue weighted by Crippen LogP contribution is 2.46. The van der Waals surface area contributed by atoms with Crippen LogP contribution in [-0.2, 0) is 5.41 Å². The van der Waals surface area contributed by atoms with Crippen LogP contribution in [0.15, 0.2) is 188 Å². The molecule has 0 aliphatic heterocycles. The Morgan fingerprint density at radius 2 is 1.04 bits per heavy atom. The number of hydrogen-bond donors (Lipinski definition) is 0. The van der Waals surface area contributed by atoms with Crippen molar-refractivity contribution in [2.24, 2.45) is 0 Å². The normalized spacial score (nSPS) is 11.8. The van der Waals surface area contributed by atoms with E-state index in [1.165, 1.54) is 60.4 Å². The molecule has 0 amide bonds. The van der Waals surface area contributed by atoms with Crippen LogP contribution in [0.4, 0.5) is 17.1 Å². The Morgan fingerprint density at radius 3 is 1.79 bits per heavy atom. The van der Waals surface area contributed by atoms with Gasteiger partial charge in [-0.3, -0.25) is 0 Å². The topological polar surface area (TPSA) is 8.17 Å². The van der Waals surface area contributed by atoms with Gasteiger partial charge in [0.25, 0.3) is 0 Å². The van der Waals surface area contributed by atoms with E-state index in [2.05, 4.69) is 218 Å². The minimum Gasteiger partial charge on any atom is -0.310 e. The van der Waals surface area contributed by atoms with Crippen LogP contribution in [0.2, 0.25) is 0 Å². The van der Waals surface area contributed by atoms with E-state index < -0.39 is 0 Å². The quantitative estimate of drug-likeness (QED) is 0.171. The lowest BCUT2D eigenvalue weighted by Crippen LogP contribution is -2.13. The minimum absolute atomic E-state index is 0.0518. The Labute approximate surface area is 305 Å². The third kappa shape index (κ3) is 5.45. The van der Waals surface area contributed by atoms with Crippen LogP contribution >= 0.6 is 0 Å². The Morgan fingerprint density at radius 1 is 0.442 bits per heavy atom. The summed E-state index contributed by atoms with van der Waals surface area (Å²) < 4.78 is 2.38. The van der Waals surface area contributed by atoms with Gasteiger partial charge in [0.15, 0.2) is 0 Å². The molecule has 0 aliphatic carbocycles. The second-order valence-corrected chi connectivity index (χ2v) is 14.6. The van der Waals surface area contributed by atoms with Crippen molar-refractivity contribution in [2.75, 3.05) is 4.90 Å². The van der Waals surface area contributed by atoms with Crippen molar-refractivity contribution < 1.29 is 0 Å². The van der Waals surface area contributed by atoms with Gasteiger partial charge in [-0.25, -0.2) is 0 Å². The standard InChI is InChI=1S/C50H40N2/c1-50(2,3)37-28-30-39(31-29-37)51(40-32-33-48-45(34-40)43-23-11-13-27-47(43)52(48)38-20-8-5-9-21-38)46-26-12-10-22-42(46)44-25-15-19-36-18-14-24-41(49(36)44)35-16-6-4-7-17-35/h4-34H,1-3H3. The van der Waals surface area contributed by atoms with Gasteiger partial charge in [-0.2, -0.15) is 0 Å². The number of aromatic nitrogens is 1. The van der Waals surface area contributed by atoms with Gasteiger partial charge in [-0.15, -0.1) is 0 Å². The summed E-state index contributed by atoms with van der Waals surface area (Å²) in [4.78, 5) is 2.44. The van der Waals surface area contributed by atoms with Crippen molar-refractivity contribution in [3.05, 3.63) is 194 Å². The van der Waals surface area contributed by atoms with Gasteiger partial charge in [0.2, 0.25) is 0 Å². The lowest BCUT2D eigenvalue weighted by Gasteiger charge is -2.29. The molecule has 0 fully saturated rings. The van der Waals surface area contributed by atoms with Gasteiger partial charge in [-0.1, -0.05) is 154 Å². The minimum atomic E-state index is 0.0518. The zero-order valence-corrected chi connectivity index (χ0v) is 29.8. The molecule has 0 atom stereocenters. The zero-order valence-electron chi connectivity index (χ0n) is 29.8. The molecule has 2 heteroatoms. The maximum Gasteiger partial charge on any atom is 0.0542 e. The molecule has 250 valence electrons. The smallest absolute Gasteiger partial charge is 0.0542 e. The number of nitrogens with zero attached hydrogens (tertiary/aromatic N) is 2. The predicted molar refractivity (Wildman–Crippen MR) is 223 cm³/mol. The number of hydrogen-bond acceptors (Lipinski definition) is 1. The number of fused-ring (bicyclic) bond motifs is 4. The lowest BCUT2D eigenvalue weighted by atomic mass is 9.87. The molecule has 1 heterocycles. The first-order valence-electron chi connectivity index (χ1n) is 18.1. The molecule has 2 nitrogen and oxygen atoms in total. The number of para-hydroxylation sites is 3. The summed E-state index contributed by atoms with van der Waals surface area (Å²) in [5.74, 6) is 0. The fraction of sp³-hybridized carbons (Fsp3) is 0.0800. The Bertz CT molecular complexity index is 2690. The van der Waals surface area contributed by atoms with E-state index in [0.717, 1.165) is 22.7 Å². The van der Waals surface area contributed by atoms with Crippen LogP contribution in [0.1, 0.15) is 26.3 Å². The molecule has 0 bridgehead atoms. The molecule has 0 N–H and O–H groups in total. The third-order valence-corrected chi connectivity index (χ3v) is 10.3. The van der Waals surface area contributed by atoms with E-state index in [4.69, 9.17) is 0 Å². The molecular weight excluding hydrogens is 629 g/mol. The Kier molecular flexibility index (Phi) is 7.74. The van der Waals surface area contributed by atoms with Crippen LogP contribution in [0.25, 0.3) is 60.5 Å². The summed E-state index contributed by atoms with van der Waals surface area (Å²) in [6.45, 7) is 6.82. The Balaban J connectivity index is 1.30. The highest BCUT2D eigenvalue weighted by molar-refractivity contribution is 6.12. The van der Waals surface area contributed by atoms with Crippen LogP contribution < -0.4 is 4.90 Å². The second kappa shape index (κ2) is 12.7. The van der Waals surface area contributed by atoms with Gasteiger partial charge in [0, 0.05) is 33.4 Å². The lowest BCUT2D eigenvalue weighted by molar-refractivity contribution is 0.590. The molecule has 0 aliphatic rings. The SMILES string of the molecule is CC(C)(C)c1ccc(N(c2ccc3c(c2)c2ccccc2n3-c2ccccc2)c2ccccc2-c2cccc3cccc(-c4ccccc4)c23)cc1. The Hall–Kier alpha value is -6.38. The van der Waals surface area contributed by atoms with E-state index in [-0.39, 0.29) is 5.41 Å². The van der Waals surface area contributed by atoms with Crippen LogP contribution in [0, 0.1) is 0 Å². The molecule has 0 spiro atoms. The van der Waals surface area contributed by atoms with Gasteiger partial charge in [0.05, 0.1) is 16.7 Å². The van der Waals surface area contributed by atoms with E-state index in [0.29, 0.717) is 0 Å². The fourth-order valence-corrected chi connectivity index (χ4v) is 7.81. The second-order valence-electron chi connectivity index (χ2n) is 14.6. The predicted octanol–water partition coefficient (Wildman–Crippen LogP) is 14.0. The molecule has 1 aromatic heterocycles. The molecule has 0 saturated heterocycles. The van der Waals surface area contributed by atoms with Crippen molar-refractivity contribution in [1.29, 1.82) is 0 Å². The summed E-state index contributed by atoms with van der Waals surface area (Å²) in [6, 6.07) is 68.5. The summed E-state index contributed by atoms with van der Waals surface area (Å²) in [5, 5.41) is 4.95. The molecule has 8 aromatic carbocycles. The maximum absolute atomic E-state index is 2.44. The van der Waals surface area contributed by atoms with Gasteiger partial charge >= 0.3 is 0 Å².